The molecule has 0 spiro atoms. The molecule has 0 aromatic rings. The van der Waals surface area contributed by atoms with Crippen LogP contribution in [0.2, 0.25) is 0 Å². The van der Waals surface area contributed by atoms with Crippen molar-refractivity contribution in [2.45, 2.75) is 51.0 Å². The number of nitrogens with two attached hydrogens (primary N) is 1. The molecule has 1 unspecified atom stereocenters. The fourth-order valence-electron chi connectivity index (χ4n) is 2.19. The van der Waals surface area contributed by atoms with E-state index in [4.69, 9.17) is 10.5 Å². The Kier molecular flexibility index (Phi) is 7.69. The van der Waals surface area contributed by atoms with Crippen molar-refractivity contribution in [3.8, 4) is 0 Å². The van der Waals surface area contributed by atoms with Crippen LogP contribution in [0.5, 0.6) is 0 Å². The lowest BCUT2D eigenvalue weighted by atomic mass is 9.97. The summed E-state index contributed by atoms with van der Waals surface area (Å²) >= 11 is 0. The summed E-state index contributed by atoms with van der Waals surface area (Å²) in [5.41, 5.74) is 7.28. The van der Waals surface area contributed by atoms with E-state index in [0.29, 0.717) is 19.6 Å². The third kappa shape index (κ3) is 6.17. The zero-order valence-electron chi connectivity index (χ0n) is 11.4. The number of methoxy groups -OCH3 is 1. The molecule has 0 saturated heterocycles. The lowest BCUT2D eigenvalue weighted by molar-refractivity contribution is -0.122. The van der Waals surface area contributed by atoms with Crippen LogP contribution in [0.1, 0.15) is 44.9 Å². The molecule has 0 aromatic heterocycles. The van der Waals surface area contributed by atoms with E-state index in [9.17, 15) is 4.79 Å². The number of carbonyl (C=O) groups excluding carboxylic acids is 1. The summed E-state index contributed by atoms with van der Waals surface area (Å²) in [6.45, 7) is 1.37. The summed E-state index contributed by atoms with van der Waals surface area (Å²) in [7, 11) is 1.66. The smallest absolute Gasteiger partial charge is 0.236 e. The summed E-state index contributed by atoms with van der Waals surface area (Å²) in [6, 6.07) is -0.402. The molecule has 1 aliphatic rings. The minimum Gasteiger partial charge on any atom is -0.385 e. The van der Waals surface area contributed by atoms with E-state index in [2.05, 4.69) is 11.4 Å². The van der Waals surface area contributed by atoms with Crippen molar-refractivity contribution >= 4 is 5.91 Å². The highest BCUT2D eigenvalue weighted by atomic mass is 16.5. The van der Waals surface area contributed by atoms with Gasteiger partial charge in [-0.1, -0.05) is 11.6 Å². The average molecular weight is 254 g/mol. The van der Waals surface area contributed by atoms with Crippen LogP contribution < -0.4 is 11.1 Å². The first-order chi connectivity index (χ1) is 8.74. The van der Waals surface area contributed by atoms with Crippen LogP contribution in [0.25, 0.3) is 0 Å². The van der Waals surface area contributed by atoms with Crippen molar-refractivity contribution in [2.24, 2.45) is 5.73 Å². The third-order valence-corrected chi connectivity index (χ3v) is 3.33. The third-order valence-electron chi connectivity index (χ3n) is 3.33. The highest BCUT2D eigenvalue weighted by Gasteiger charge is 2.12. The van der Waals surface area contributed by atoms with Gasteiger partial charge in [-0.2, -0.15) is 0 Å². The topological polar surface area (TPSA) is 64.3 Å². The Bertz CT molecular complexity index is 277. The van der Waals surface area contributed by atoms with Crippen LogP contribution >= 0.6 is 0 Å². The van der Waals surface area contributed by atoms with Crippen LogP contribution in [0.3, 0.4) is 0 Å². The Balaban J connectivity index is 2.10. The molecule has 0 aromatic carbocycles. The number of hydrogen-bond acceptors (Lipinski definition) is 3. The Morgan fingerprint density at radius 2 is 2.39 bits per heavy atom. The van der Waals surface area contributed by atoms with Gasteiger partial charge in [0.1, 0.15) is 0 Å². The van der Waals surface area contributed by atoms with Gasteiger partial charge in [0.15, 0.2) is 0 Å². The molecule has 0 saturated carbocycles. The molecule has 0 heterocycles. The van der Waals surface area contributed by atoms with Crippen LogP contribution in [-0.4, -0.2) is 32.2 Å². The number of nitrogens with one attached hydrogen (secondary N) is 1. The molecule has 104 valence electrons. The number of amides is 1. The van der Waals surface area contributed by atoms with Crippen LogP contribution in [0, 0.1) is 0 Å². The van der Waals surface area contributed by atoms with Gasteiger partial charge < -0.3 is 15.8 Å². The van der Waals surface area contributed by atoms with Crippen molar-refractivity contribution in [3.05, 3.63) is 11.6 Å². The van der Waals surface area contributed by atoms with Gasteiger partial charge in [0.2, 0.25) is 5.91 Å². The minimum atomic E-state index is -0.402. The number of rotatable bonds is 8. The molecular formula is C14H26N2O2. The van der Waals surface area contributed by atoms with Crippen molar-refractivity contribution in [3.63, 3.8) is 0 Å². The van der Waals surface area contributed by atoms with Crippen molar-refractivity contribution in [2.75, 3.05) is 20.3 Å². The number of ether oxygens (including phenoxy) is 1. The van der Waals surface area contributed by atoms with Crippen LogP contribution in [0.15, 0.2) is 11.6 Å². The molecule has 1 atom stereocenters. The van der Waals surface area contributed by atoms with Gasteiger partial charge in [0.05, 0.1) is 6.04 Å². The van der Waals surface area contributed by atoms with Gasteiger partial charge in [-0.3, -0.25) is 4.79 Å². The first-order valence-electron chi connectivity index (χ1n) is 6.94. The number of hydrogen-bond donors (Lipinski definition) is 2. The van der Waals surface area contributed by atoms with Gasteiger partial charge in [-0.15, -0.1) is 0 Å². The molecule has 0 fully saturated rings. The van der Waals surface area contributed by atoms with E-state index in [1.54, 1.807) is 7.11 Å². The molecule has 0 bridgehead atoms. The van der Waals surface area contributed by atoms with E-state index in [1.165, 1.54) is 31.3 Å². The molecule has 18 heavy (non-hydrogen) atoms. The predicted molar refractivity (Wildman–Crippen MR) is 73.3 cm³/mol. The molecule has 3 N–H and O–H groups in total. The SMILES string of the molecule is COCCCC(N)C(=O)NCCC1=CCCCC1. The zero-order valence-corrected chi connectivity index (χ0v) is 11.4. The fourth-order valence-corrected chi connectivity index (χ4v) is 2.19. The van der Waals surface area contributed by atoms with Crippen LogP contribution in [0.4, 0.5) is 0 Å². The summed E-state index contributed by atoms with van der Waals surface area (Å²) in [5.74, 6) is -0.0393. The summed E-state index contributed by atoms with van der Waals surface area (Å²) in [4.78, 5) is 11.7. The average Bonchev–Trinajstić information content (AvgIpc) is 2.40. The van der Waals surface area contributed by atoms with Crippen molar-refractivity contribution in [1.82, 2.24) is 5.32 Å². The second-order valence-corrected chi connectivity index (χ2v) is 4.89. The highest BCUT2D eigenvalue weighted by Crippen LogP contribution is 2.19. The largest absolute Gasteiger partial charge is 0.385 e. The molecule has 1 aliphatic carbocycles. The molecule has 0 radical (unpaired) electrons. The molecule has 1 rings (SSSR count). The maximum Gasteiger partial charge on any atom is 0.236 e. The maximum atomic E-state index is 11.7. The normalized spacial score (nSPS) is 17.1. The standard InChI is InChI=1S/C14H26N2O2/c1-18-11-5-8-13(15)14(17)16-10-9-12-6-3-2-4-7-12/h6,13H,2-5,7-11,15H2,1H3,(H,16,17). The van der Waals surface area contributed by atoms with Crippen LogP contribution in [-0.2, 0) is 9.53 Å². The molecule has 4 nitrogen and oxygen atoms in total. The zero-order chi connectivity index (χ0) is 13.2. The Hall–Kier alpha value is -0.870. The summed E-state index contributed by atoms with van der Waals surface area (Å²) in [5, 5.41) is 2.91. The first kappa shape index (κ1) is 15.2. The molecule has 1 amide bonds. The van der Waals surface area contributed by atoms with Gasteiger partial charge in [-0.25, -0.2) is 0 Å². The Labute approximate surface area is 110 Å². The van der Waals surface area contributed by atoms with E-state index < -0.39 is 6.04 Å². The predicted octanol–water partition coefficient (Wildman–Crippen LogP) is 1.75. The summed E-state index contributed by atoms with van der Waals surface area (Å²) < 4.78 is 4.94. The maximum absolute atomic E-state index is 11.7. The molecule has 0 aliphatic heterocycles. The van der Waals surface area contributed by atoms with Gasteiger partial charge in [-0.05, 0) is 44.9 Å². The second kappa shape index (κ2) is 9.11. The van der Waals surface area contributed by atoms with E-state index >= 15 is 0 Å². The van der Waals surface area contributed by atoms with Gasteiger partial charge >= 0.3 is 0 Å². The quantitative estimate of drug-likeness (QED) is 0.512. The van der Waals surface area contributed by atoms with Crippen molar-refractivity contribution in [1.29, 1.82) is 0 Å². The second-order valence-electron chi connectivity index (χ2n) is 4.89. The first-order valence-corrected chi connectivity index (χ1v) is 6.94. The lowest BCUT2D eigenvalue weighted by Gasteiger charge is -2.15. The number of allylic oxidation sites excluding steroid dienone is 1. The van der Waals surface area contributed by atoms with Gasteiger partial charge in [0.25, 0.3) is 0 Å². The minimum absolute atomic E-state index is 0.0393. The Morgan fingerprint density at radius 3 is 3.06 bits per heavy atom. The number of carbonyl (C=O) groups is 1. The Morgan fingerprint density at radius 1 is 1.56 bits per heavy atom. The monoisotopic (exact) mass is 254 g/mol. The van der Waals surface area contributed by atoms with E-state index in [-0.39, 0.29) is 5.91 Å². The van der Waals surface area contributed by atoms with E-state index in [0.717, 1.165) is 12.8 Å². The molecular weight excluding hydrogens is 228 g/mol. The lowest BCUT2D eigenvalue weighted by Crippen LogP contribution is -2.41. The molecule has 4 heteroatoms. The highest BCUT2D eigenvalue weighted by molar-refractivity contribution is 5.81. The van der Waals surface area contributed by atoms with E-state index in [1.807, 2.05) is 0 Å². The van der Waals surface area contributed by atoms with Gasteiger partial charge in [0, 0.05) is 20.3 Å². The van der Waals surface area contributed by atoms with Crippen molar-refractivity contribution < 1.29 is 9.53 Å². The summed E-state index contributed by atoms with van der Waals surface area (Å²) in [6.07, 6.45) is 9.77. The fraction of sp³-hybridized carbons (Fsp3) is 0.786.